The Bertz CT molecular complexity index is 743. The standard InChI is InChI=1S/C11H15ClN6O2S/c1-7(2)18-6-8(4-15-18)17-21(19,20)9-3-10(12)11(16-13)14-5-9/h3-7,17H,13H2,1-2H3,(H,14,16). The molecule has 0 bridgehead atoms. The van der Waals surface area contributed by atoms with Gasteiger partial charge in [-0.2, -0.15) is 5.10 Å². The van der Waals surface area contributed by atoms with Crippen molar-refractivity contribution < 1.29 is 8.42 Å². The first-order valence-corrected chi connectivity index (χ1v) is 7.88. The average Bonchev–Trinajstić information content (AvgIpc) is 2.86. The summed E-state index contributed by atoms with van der Waals surface area (Å²) in [4.78, 5) is 3.76. The van der Waals surface area contributed by atoms with E-state index in [9.17, 15) is 8.42 Å². The highest BCUT2D eigenvalue weighted by Crippen LogP contribution is 2.23. The molecule has 0 aliphatic carbocycles. The predicted octanol–water partition coefficient (Wildman–Crippen LogP) is 1.60. The number of halogens is 1. The SMILES string of the molecule is CC(C)n1cc(NS(=O)(=O)c2cnc(NN)c(Cl)c2)cn1. The molecule has 4 N–H and O–H groups in total. The summed E-state index contributed by atoms with van der Waals surface area (Å²) >= 11 is 5.87. The Morgan fingerprint density at radius 2 is 2.10 bits per heavy atom. The second-order valence-electron chi connectivity index (χ2n) is 4.55. The topological polar surface area (TPSA) is 115 Å². The number of sulfonamides is 1. The number of nitrogen functional groups attached to an aromatic ring is 1. The lowest BCUT2D eigenvalue weighted by atomic mass is 10.4. The lowest BCUT2D eigenvalue weighted by Gasteiger charge is -2.08. The van der Waals surface area contributed by atoms with Crippen LogP contribution in [0, 0.1) is 0 Å². The first kappa shape index (κ1) is 15.5. The molecule has 0 atom stereocenters. The van der Waals surface area contributed by atoms with E-state index in [0.29, 0.717) is 5.69 Å². The van der Waals surface area contributed by atoms with E-state index in [2.05, 4.69) is 20.2 Å². The van der Waals surface area contributed by atoms with Gasteiger partial charge in [0.1, 0.15) is 4.90 Å². The maximum atomic E-state index is 12.2. The van der Waals surface area contributed by atoms with Gasteiger partial charge in [0.2, 0.25) is 0 Å². The van der Waals surface area contributed by atoms with Crippen molar-refractivity contribution in [3.8, 4) is 0 Å². The Morgan fingerprint density at radius 3 is 2.62 bits per heavy atom. The van der Waals surface area contributed by atoms with Crippen molar-refractivity contribution in [2.45, 2.75) is 24.8 Å². The highest BCUT2D eigenvalue weighted by molar-refractivity contribution is 7.92. The third-order valence-corrected chi connectivity index (χ3v) is 4.28. The predicted molar refractivity (Wildman–Crippen MR) is 80.5 cm³/mol. The molecule has 0 saturated carbocycles. The number of nitrogens with one attached hydrogen (secondary N) is 2. The number of pyridine rings is 1. The molecule has 0 amide bonds. The molecule has 0 spiro atoms. The smallest absolute Gasteiger partial charge is 0.263 e. The molecule has 0 unspecified atom stereocenters. The van der Waals surface area contributed by atoms with Crippen LogP contribution >= 0.6 is 11.6 Å². The highest BCUT2D eigenvalue weighted by Gasteiger charge is 2.17. The summed E-state index contributed by atoms with van der Waals surface area (Å²) in [6.45, 7) is 3.88. The summed E-state index contributed by atoms with van der Waals surface area (Å²) in [5, 5.41) is 4.17. The van der Waals surface area contributed by atoms with Gasteiger partial charge in [-0.15, -0.1) is 0 Å². The molecule has 0 aliphatic heterocycles. The van der Waals surface area contributed by atoms with Gasteiger partial charge in [-0.1, -0.05) is 11.6 Å². The molecule has 0 saturated heterocycles. The molecule has 2 aromatic heterocycles. The molecule has 2 aromatic rings. The van der Waals surface area contributed by atoms with E-state index in [-0.39, 0.29) is 21.8 Å². The van der Waals surface area contributed by atoms with Crippen LogP contribution in [0.15, 0.2) is 29.6 Å². The molecule has 0 fully saturated rings. The van der Waals surface area contributed by atoms with Crippen molar-refractivity contribution in [1.29, 1.82) is 0 Å². The van der Waals surface area contributed by atoms with E-state index in [1.807, 2.05) is 13.8 Å². The minimum absolute atomic E-state index is 0.0659. The molecule has 2 heterocycles. The van der Waals surface area contributed by atoms with E-state index in [1.54, 1.807) is 10.9 Å². The van der Waals surface area contributed by atoms with Gasteiger partial charge in [-0.05, 0) is 19.9 Å². The van der Waals surface area contributed by atoms with Crippen molar-refractivity contribution in [2.75, 3.05) is 10.1 Å². The molecule has 0 aromatic carbocycles. The van der Waals surface area contributed by atoms with Crippen LogP contribution in [-0.2, 0) is 10.0 Å². The van der Waals surface area contributed by atoms with Crippen LogP contribution in [-0.4, -0.2) is 23.2 Å². The minimum atomic E-state index is -3.79. The van der Waals surface area contributed by atoms with Gasteiger partial charge < -0.3 is 5.43 Å². The number of hydrogen-bond donors (Lipinski definition) is 3. The van der Waals surface area contributed by atoms with Crippen molar-refractivity contribution in [1.82, 2.24) is 14.8 Å². The van der Waals surface area contributed by atoms with Crippen LogP contribution in [0.3, 0.4) is 0 Å². The number of aromatic nitrogens is 3. The quantitative estimate of drug-likeness (QED) is 0.566. The number of anilines is 2. The Kier molecular flexibility index (Phi) is 4.35. The Labute approximate surface area is 127 Å². The van der Waals surface area contributed by atoms with Crippen LogP contribution in [0.5, 0.6) is 0 Å². The molecule has 0 aliphatic rings. The Balaban J connectivity index is 2.27. The number of nitrogens with zero attached hydrogens (tertiary/aromatic N) is 3. The van der Waals surface area contributed by atoms with Crippen LogP contribution < -0.4 is 16.0 Å². The third kappa shape index (κ3) is 3.43. The highest BCUT2D eigenvalue weighted by atomic mass is 35.5. The molecular formula is C11H15ClN6O2S. The summed E-state index contributed by atoms with van der Waals surface area (Å²) in [6.07, 6.45) is 4.20. The van der Waals surface area contributed by atoms with Crippen LogP contribution in [0.25, 0.3) is 0 Å². The molecule has 114 valence electrons. The van der Waals surface area contributed by atoms with Crippen LogP contribution in [0.1, 0.15) is 19.9 Å². The fourth-order valence-electron chi connectivity index (χ4n) is 1.56. The molecule has 8 nitrogen and oxygen atoms in total. The summed E-state index contributed by atoms with van der Waals surface area (Å²) in [5.74, 6) is 5.39. The maximum Gasteiger partial charge on any atom is 0.263 e. The zero-order valence-electron chi connectivity index (χ0n) is 11.4. The van der Waals surface area contributed by atoms with E-state index >= 15 is 0 Å². The summed E-state index contributed by atoms with van der Waals surface area (Å²) in [5.41, 5.74) is 2.63. The van der Waals surface area contributed by atoms with Crippen molar-refractivity contribution in [2.24, 2.45) is 5.84 Å². The Hall–Kier alpha value is -1.84. The van der Waals surface area contributed by atoms with Crippen molar-refractivity contribution >= 4 is 33.1 Å². The van der Waals surface area contributed by atoms with E-state index in [1.165, 1.54) is 12.3 Å². The number of hydrazine groups is 1. The number of nitrogens with two attached hydrogens (primary N) is 1. The van der Waals surface area contributed by atoms with Gasteiger partial charge >= 0.3 is 0 Å². The van der Waals surface area contributed by atoms with Gasteiger partial charge in [0.15, 0.2) is 5.82 Å². The molecule has 21 heavy (non-hydrogen) atoms. The lowest BCUT2D eigenvalue weighted by molar-refractivity contribution is 0.532. The van der Waals surface area contributed by atoms with Gasteiger partial charge in [0.05, 0.1) is 16.9 Å². The van der Waals surface area contributed by atoms with E-state index < -0.39 is 10.0 Å². The fraction of sp³-hybridized carbons (Fsp3) is 0.273. The van der Waals surface area contributed by atoms with Crippen molar-refractivity contribution in [3.63, 3.8) is 0 Å². The summed E-state index contributed by atoms with van der Waals surface area (Å²) in [6, 6.07) is 1.40. The zero-order chi connectivity index (χ0) is 15.6. The third-order valence-electron chi connectivity index (χ3n) is 2.65. The second kappa shape index (κ2) is 5.88. The zero-order valence-corrected chi connectivity index (χ0v) is 13.0. The fourth-order valence-corrected chi connectivity index (χ4v) is 2.84. The van der Waals surface area contributed by atoms with Crippen molar-refractivity contribution in [3.05, 3.63) is 29.7 Å². The average molecular weight is 331 g/mol. The van der Waals surface area contributed by atoms with Gasteiger partial charge in [0, 0.05) is 18.4 Å². The summed E-state index contributed by atoms with van der Waals surface area (Å²) in [7, 11) is -3.79. The monoisotopic (exact) mass is 330 g/mol. The van der Waals surface area contributed by atoms with Crippen LogP contribution in [0.4, 0.5) is 11.5 Å². The lowest BCUT2D eigenvalue weighted by Crippen LogP contribution is -2.14. The first-order chi connectivity index (χ1) is 9.83. The first-order valence-electron chi connectivity index (χ1n) is 6.02. The number of hydrogen-bond acceptors (Lipinski definition) is 6. The van der Waals surface area contributed by atoms with Gasteiger partial charge in [-0.25, -0.2) is 19.2 Å². The number of rotatable bonds is 5. The molecule has 2 rings (SSSR count). The molecule has 0 radical (unpaired) electrons. The van der Waals surface area contributed by atoms with E-state index in [4.69, 9.17) is 17.4 Å². The van der Waals surface area contributed by atoms with Gasteiger partial charge in [0.25, 0.3) is 10.0 Å². The van der Waals surface area contributed by atoms with Gasteiger partial charge in [-0.3, -0.25) is 9.40 Å². The molecule has 10 heteroatoms. The minimum Gasteiger partial charge on any atom is -0.307 e. The van der Waals surface area contributed by atoms with E-state index in [0.717, 1.165) is 6.20 Å². The normalized spacial score (nSPS) is 11.7. The largest absolute Gasteiger partial charge is 0.307 e. The van der Waals surface area contributed by atoms with Crippen LogP contribution in [0.2, 0.25) is 5.02 Å². The maximum absolute atomic E-state index is 12.2. The second-order valence-corrected chi connectivity index (χ2v) is 6.64. The summed E-state index contributed by atoms with van der Waals surface area (Å²) < 4.78 is 28.5. The molecular weight excluding hydrogens is 316 g/mol. The Morgan fingerprint density at radius 1 is 1.38 bits per heavy atom.